The number of ether oxygens (including phenoxy) is 2. The summed E-state index contributed by atoms with van der Waals surface area (Å²) in [6.45, 7) is 1.14. The van der Waals surface area contributed by atoms with Gasteiger partial charge in [-0.25, -0.2) is 4.79 Å². The van der Waals surface area contributed by atoms with Crippen LogP contribution in [0.1, 0.15) is 36.3 Å². The molecule has 8 heteroatoms. The zero-order valence-corrected chi connectivity index (χ0v) is 18.8. The van der Waals surface area contributed by atoms with Crippen LogP contribution in [0.3, 0.4) is 0 Å². The van der Waals surface area contributed by atoms with E-state index in [1.165, 1.54) is 0 Å². The lowest BCUT2D eigenvalue weighted by atomic mass is 9.98. The Labute approximate surface area is 197 Å². The Morgan fingerprint density at radius 3 is 2.38 bits per heavy atom. The van der Waals surface area contributed by atoms with Gasteiger partial charge in [0, 0.05) is 18.5 Å². The second-order valence-electron chi connectivity index (χ2n) is 9.15. The highest BCUT2D eigenvalue weighted by atomic mass is 16.5. The molecule has 0 saturated carbocycles. The van der Waals surface area contributed by atoms with Crippen LogP contribution in [0.4, 0.5) is 4.79 Å². The van der Waals surface area contributed by atoms with Crippen LogP contribution in [0.25, 0.3) is 11.1 Å². The maximum Gasteiger partial charge on any atom is 0.407 e. The normalized spacial score (nSPS) is 23.4. The molecule has 2 aromatic carbocycles. The summed E-state index contributed by atoms with van der Waals surface area (Å²) < 4.78 is 11.1. The maximum atomic E-state index is 13.1. The molecule has 2 amide bonds. The standard InChI is InChI=1S/C26H28N2O6/c29-24(30)12-16-6-5-11-28(16)25(31)22-13-33-15-23(22)27-26(32)34-14-21-19-9-3-1-7-17(19)18-8-2-4-10-20(18)21/h1-4,7-10,16,21-23H,5-6,11-15H2,(H,27,32)(H,29,30)/t16-,22?,23?/m1/s1. The molecule has 2 N–H and O–H groups in total. The van der Waals surface area contributed by atoms with Crippen LogP contribution in [0.2, 0.25) is 0 Å². The van der Waals surface area contributed by atoms with Crippen LogP contribution in [-0.4, -0.2) is 66.4 Å². The number of benzene rings is 2. The Morgan fingerprint density at radius 1 is 1.03 bits per heavy atom. The Morgan fingerprint density at radius 2 is 1.71 bits per heavy atom. The first-order valence-electron chi connectivity index (χ1n) is 11.7. The number of carboxylic acid groups (broad SMARTS) is 1. The largest absolute Gasteiger partial charge is 0.481 e. The molecule has 34 heavy (non-hydrogen) atoms. The minimum absolute atomic E-state index is 0.0446. The number of fused-ring (bicyclic) bond motifs is 3. The number of carbonyl (C=O) groups excluding carboxylic acids is 2. The predicted octanol–water partition coefficient (Wildman–Crippen LogP) is 3.01. The smallest absolute Gasteiger partial charge is 0.407 e. The summed E-state index contributed by atoms with van der Waals surface area (Å²) in [4.78, 5) is 38.6. The summed E-state index contributed by atoms with van der Waals surface area (Å²) in [6, 6.07) is 15.4. The van der Waals surface area contributed by atoms with Gasteiger partial charge in [-0.2, -0.15) is 0 Å². The minimum Gasteiger partial charge on any atom is -0.481 e. The monoisotopic (exact) mass is 464 g/mol. The molecule has 2 fully saturated rings. The molecule has 0 radical (unpaired) electrons. The molecule has 178 valence electrons. The van der Waals surface area contributed by atoms with Gasteiger partial charge in [0.25, 0.3) is 0 Å². The van der Waals surface area contributed by atoms with Gasteiger partial charge in [-0.15, -0.1) is 0 Å². The highest BCUT2D eigenvalue weighted by Crippen LogP contribution is 2.44. The van der Waals surface area contributed by atoms with Gasteiger partial charge >= 0.3 is 12.1 Å². The second kappa shape index (κ2) is 9.46. The van der Waals surface area contributed by atoms with E-state index in [1.54, 1.807) is 4.90 Å². The van der Waals surface area contributed by atoms with Crippen LogP contribution >= 0.6 is 0 Å². The van der Waals surface area contributed by atoms with Gasteiger partial charge in [0.2, 0.25) is 5.91 Å². The summed E-state index contributed by atoms with van der Waals surface area (Å²) in [5.41, 5.74) is 4.58. The summed E-state index contributed by atoms with van der Waals surface area (Å²) >= 11 is 0. The fraction of sp³-hybridized carbons (Fsp3) is 0.423. The number of aliphatic carboxylic acids is 1. The third kappa shape index (κ3) is 4.25. The molecule has 0 bridgehead atoms. The molecule has 2 unspecified atom stereocenters. The Hall–Kier alpha value is -3.39. The van der Waals surface area contributed by atoms with Gasteiger partial charge in [0.15, 0.2) is 0 Å². The van der Waals surface area contributed by atoms with Crippen molar-refractivity contribution < 1.29 is 29.0 Å². The molecular formula is C26H28N2O6. The topological polar surface area (TPSA) is 105 Å². The second-order valence-corrected chi connectivity index (χ2v) is 9.15. The zero-order chi connectivity index (χ0) is 23.7. The molecule has 1 aliphatic carbocycles. The average Bonchev–Trinajstić information content (AvgIpc) is 3.55. The van der Waals surface area contributed by atoms with Crippen molar-refractivity contribution in [2.45, 2.75) is 37.3 Å². The van der Waals surface area contributed by atoms with Gasteiger partial charge in [-0.1, -0.05) is 48.5 Å². The van der Waals surface area contributed by atoms with E-state index in [2.05, 4.69) is 29.6 Å². The summed E-state index contributed by atoms with van der Waals surface area (Å²) in [5.74, 6) is -1.67. The molecule has 0 aromatic heterocycles. The number of rotatable bonds is 6. The van der Waals surface area contributed by atoms with Gasteiger partial charge in [-0.3, -0.25) is 9.59 Å². The van der Waals surface area contributed by atoms with E-state index in [0.717, 1.165) is 28.7 Å². The van der Waals surface area contributed by atoms with E-state index in [9.17, 15) is 14.4 Å². The van der Waals surface area contributed by atoms with E-state index in [1.807, 2.05) is 24.3 Å². The van der Waals surface area contributed by atoms with E-state index in [0.29, 0.717) is 13.0 Å². The van der Waals surface area contributed by atoms with E-state index >= 15 is 0 Å². The van der Waals surface area contributed by atoms with Crippen molar-refractivity contribution in [1.29, 1.82) is 0 Å². The maximum absolute atomic E-state index is 13.1. The van der Waals surface area contributed by atoms with Crippen molar-refractivity contribution in [1.82, 2.24) is 10.2 Å². The van der Waals surface area contributed by atoms with Crippen LogP contribution < -0.4 is 5.32 Å². The average molecular weight is 465 g/mol. The number of nitrogens with one attached hydrogen (secondary N) is 1. The Bertz CT molecular complexity index is 1060. The molecule has 2 aromatic rings. The lowest BCUT2D eigenvalue weighted by Crippen LogP contribution is -2.49. The van der Waals surface area contributed by atoms with Crippen LogP contribution in [0, 0.1) is 5.92 Å². The molecule has 2 aliphatic heterocycles. The lowest BCUT2D eigenvalue weighted by molar-refractivity contribution is -0.141. The third-order valence-electron chi connectivity index (χ3n) is 7.12. The molecule has 2 saturated heterocycles. The van der Waals surface area contributed by atoms with Crippen LogP contribution in [0.5, 0.6) is 0 Å². The first kappa shape index (κ1) is 22.4. The predicted molar refractivity (Wildman–Crippen MR) is 123 cm³/mol. The number of carboxylic acids is 1. The number of hydrogen-bond acceptors (Lipinski definition) is 5. The fourth-order valence-corrected chi connectivity index (χ4v) is 5.48. The van der Waals surface area contributed by atoms with E-state index in [-0.39, 0.29) is 44.1 Å². The summed E-state index contributed by atoms with van der Waals surface area (Å²) in [6.07, 6.45) is 0.806. The van der Waals surface area contributed by atoms with E-state index in [4.69, 9.17) is 14.6 Å². The Kier molecular flexibility index (Phi) is 6.24. The van der Waals surface area contributed by atoms with Crippen molar-refractivity contribution in [2.75, 3.05) is 26.4 Å². The van der Waals surface area contributed by atoms with Crippen molar-refractivity contribution in [3.05, 3.63) is 59.7 Å². The third-order valence-corrected chi connectivity index (χ3v) is 7.12. The van der Waals surface area contributed by atoms with Crippen molar-refractivity contribution in [3.8, 4) is 11.1 Å². The molecular weight excluding hydrogens is 436 g/mol. The molecule has 8 nitrogen and oxygen atoms in total. The molecule has 3 aliphatic rings. The highest BCUT2D eigenvalue weighted by molar-refractivity contribution is 5.82. The number of likely N-dealkylation sites (tertiary alicyclic amines) is 1. The molecule has 3 atom stereocenters. The minimum atomic E-state index is -0.916. The Balaban J connectivity index is 1.21. The van der Waals surface area contributed by atoms with Gasteiger partial charge < -0.3 is 24.8 Å². The number of alkyl carbamates (subject to hydrolysis) is 1. The highest BCUT2D eigenvalue weighted by Gasteiger charge is 2.41. The first-order chi connectivity index (χ1) is 16.5. The quantitative estimate of drug-likeness (QED) is 0.681. The lowest BCUT2D eigenvalue weighted by Gasteiger charge is -2.28. The SMILES string of the molecule is O=C(O)C[C@H]1CCCN1C(=O)C1COCC1NC(=O)OCC1c2ccccc2-c2ccccc21. The van der Waals surface area contributed by atoms with Crippen LogP contribution in [-0.2, 0) is 19.1 Å². The molecule has 0 spiro atoms. The number of hydrogen-bond donors (Lipinski definition) is 2. The van der Waals surface area contributed by atoms with Crippen LogP contribution in [0.15, 0.2) is 48.5 Å². The summed E-state index contributed by atoms with van der Waals surface area (Å²) in [5, 5.41) is 12.0. The fourth-order valence-electron chi connectivity index (χ4n) is 5.48. The summed E-state index contributed by atoms with van der Waals surface area (Å²) in [7, 11) is 0. The van der Waals surface area contributed by atoms with Gasteiger partial charge in [0.05, 0.1) is 31.6 Å². The zero-order valence-electron chi connectivity index (χ0n) is 18.8. The first-order valence-corrected chi connectivity index (χ1v) is 11.7. The van der Waals surface area contributed by atoms with Crippen molar-refractivity contribution in [3.63, 3.8) is 0 Å². The van der Waals surface area contributed by atoms with E-state index < -0.39 is 24.0 Å². The van der Waals surface area contributed by atoms with Gasteiger partial charge in [0.1, 0.15) is 6.61 Å². The van der Waals surface area contributed by atoms with Gasteiger partial charge in [-0.05, 0) is 35.1 Å². The number of nitrogens with zero attached hydrogens (tertiary/aromatic N) is 1. The molecule has 5 rings (SSSR count). The molecule has 2 heterocycles. The van der Waals surface area contributed by atoms with Crippen molar-refractivity contribution >= 4 is 18.0 Å². The van der Waals surface area contributed by atoms with Crippen molar-refractivity contribution in [2.24, 2.45) is 5.92 Å². The number of carbonyl (C=O) groups is 3. The number of amides is 2.